The lowest BCUT2D eigenvalue weighted by Crippen LogP contribution is -2.15. The Balaban J connectivity index is 2.30. The minimum Gasteiger partial charge on any atom is -0.319 e. The monoisotopic (exact) mass is 270 g/mol. The first-order chi connectivity index (χ1) is 8.99. The number of carbonyl (C=O) groups excluding carboxylic acids is 1. The largest absolute Gasteiger partial charge is 0.319 e. The van der Waals surface area contributed by atoms with Crippen molar-refractivity contribution in [3.05, 3.63) is 59.4 Å². The number of hydrogen-bond donors (Lipinski definition) is 1. The minimum atomic E-state index is -1.38. The van der Waals surface area contributed by atoms with Crippen LogP contribution in [0.2, 0.25) is 0 Å². The first-order valence-corrected chi connectivity index (χ1v) is 5.04. The molecule has 0 aliphatic heterocycles. The molecule has 0 atom stereocenters. The van der Waals surface area contributed by atoms with E-state index in [4.69, 9.17) is 0 Å². The molecular formula is C12H6F4N2O. The van der Waals surface area contributed by atoms with Gasteiger partial charge < -0.3 is 5.32 Å². The smallest absolute Gasteiger partial charge is 0.258 e. The van der Waals surface area contributed by atoms with Gasteiger partial charge in [-0.2, -0.15) is 0 Å². The van der Waals surface area contributed by atoms with Crippen molar-refractivity contribution in [2.75, 3.05) is 5.32 Å². The van der Waals surface area contributed by atoms with Gasteiger partial charge in [-0.1, -0.05) is 0 Å². The highest BCUT2D eigenvalue weighted by molar-refractivity contribution is 6.04. The fourth-order valence-electron chi connectivity index (χ4n) is 1.37. The highest BCUT2D eigenvalue weighted by Gasteiger charge is 2.15. The first-order valence-electron chi connectivity index (χ1n) is 5.04. The molecule has 1 aromatic heterocycles. The first kappa shape index (κ1) is 13.0. The van der Waals surface area contributed by atoms with Gasteiger partial charge in [-0.25, -0.2) is 17.6 Å². The fourth-order valence-corrected chi connectivity index (χ4v) is 1.37. The van der Waals surface area contributed by atoms with Crippen molar-refractivity contribution < 1.29 is 22.4 Å². The summed E-state index contributed by atoms with van der Waals surface area (Å²) in [4.78, 5) is 15.1. The van der Waals surface area contributed by atoms with Crippen LogP contribution in [0.1, 0.15) is 10.4 Å². The van der Waals surface area contributed by atoms with Gasteiger partial charge in [0.2, 0.25) is 0 Å². The summed E-state index contributed by atoms with van der Waals surface area (Å²) in [7, 11) is 0. The Morgan fingerprint density at radius 3 is 2.37 bits per heavy atom. The molecule has 0 aliphatic rings. The molecule has 0 saturated heterocycles. The second kappa shape index (κ2) is 5.05. The zero-order valence-corrected chi connectivity index (χ0v) is 9.25. The SMILES string of the molecule is O=C(Nc1cc(F)c(F)cc1F)c1ccncc1F. The van der Waals surface area contributed by atoms with Crippen LogP contribution in [0.3, 0.4) is 0 Å². The van der Waals surface area contributed by atoms with Crippen molar-refractivity contribution >= 4 is 11.6 Å². The molecule has 1 amide bonds. The van der Waals surface area contributed by atoms with Crippen LogP contribution < -0.4 is 5.32 Å². The Labute approximate surface area is 104 Å². The predicted octanol–water partition coefficient (Wildman–Crippen LogP) is 2.89. The summed E-state index contributed by atoms with van der Waals surface area (Å²) in [6.45, 7) is 0. The summed E-state index contributed by atoms with van der Waals surface area (Å²) in [5, 5.41) is 1.95. The van der Waals surface area contributed by atoms with Crippen LogP contribution in [0, 0.1) is 23.3 Å². The standard InChI is InChI=1S/C12H6F4N2O/c13-7-3-9(15)11(4-8(7)14)18-12(19)6-1-2-17-5-10(6)16/h1-5H,(H,18,19). The van der Waals surface area contributed by atoms with Gasteiger partial charge in [0.05, 0.1) is 17.4 Å². The van der Waals surface area contributed by atoms with Gasteiger partial charge in [0.15, 0.2) is 17.5 Å². The zero-order chi connectivity index (χ0) is 14.0. The van der Waals surface area contributed by atoms with Gasteiger partial charge in [-0.3, -0.25) is 9.78 Å². The van der Waals surface area contributed by atoms with E-state index >= 15 is 0 Å². The number of amides is 1. The van der Waals surface area contributed by atoms with E-state index in [-0.39, 0.29) is 11.6 Å². The zero-order valence-electron chi connectivity index (χ0n) is 9.25. The highest BCUT2D eigenvalue weighted by Crippen LogP contribution is 2.19. The Kier molecular flexibility index (Phi) is 3.46. The molecule has 0 aliphatic carbocycles. The summed E-state index contributed by atoms with van der Waals surface area (Å²) < 4.78 is 52.1. The minimum absolute atomic E-state index is 0.286. The van der Waals surface area contributed by atoms with Crippen molar-refractivity contribution in [2.24, 2.45) is 0 Å². The van der Waals surface area contributed by atoms with Crippen molar-refractivity contribution in [1.29, 1.82) is 0 Å². The molecule has 0 fully saturated rings. The second-order valence-corrected chi connectivity index (χ2v) is 3.56. The highest BCUT2D eigenvalue weighted by atomic mass is 19.2. The number of pyridine rings is 1. The molecule has 7 heteroatoms. The third-order valence-corrected chi connectivity index (χ3v) is 2.28. The van der Waals surface area contributed by atoms with Crippen molar-refractivity contribution in [3.8, 4) is 0 Å². The van der Waals surface area contributed by atoms with E-state index in [9.17, 15) is 22.4 Å². The van der Waals surface area contributed by atoms with Gasteiger partial charge in [-0.15, -0.1) is 0 Å². The summed E-state index contributed by atoms with van der Waals surface area (Å²) in [6.07, 6.45) is 1.97. The molecule has 2 rings (SSSR count). The van der Waals surface area contributed by atoms with Gasteiger partial charge in [0, 0.05) is 18.3 Å². The van der Waals surface area contributed by atoms with Crippen molar-refractivity contribution in [3.63, 3.8) is 0 Å². The maximum atomic E-state index is 13.3. The molecule has 2 aromatic rings. The quantitative estimate of drug-likeness (QED) is 0.673. The van der Waals surface area contributed by atoms with Crippen LogP contribution in [0.4, 0.5) is 23.2 Å². The number of halogens is 4. The Bertz CT molecular complexity index is 646. The van der Waals surface area contributed by atoms with E-state index in [2.05, 4.69) is 4.98 Å². The molecule has 0 bridgehead atoms. The lowest BCUT2D eigenvalue weighted by Gasteiger charge is -2.07. The van der Waals surface area contributed by atoms with E-state index in [1.807, 2.05) is 5.32 Å². The molecule has 1 heterocycles. The summed E-state index contributed by atoms with van der Waals surface area (Å²) in [5.74, 6) is -5.79. The van der Waals surface area contributed by atoms with Gasteiger partial charge in [0.1, 0.15) is 5.82 Å². The van der Waals surface area contributed by atoms with Crippen LogP contribution in [0.5, 0.6) is 0 Å². The van der Waals surface area contributed by atoms with Gasteiger partial charge in [0.25, 0.3) is 5.91 Å². The van der Waals surface area contributed by atoms with Crippen LogP contribution >= 0.6 is 0 Å². The maximum absolute atomic E-state index is 13.3. The molecule has 1 aromatic carbocycles. The summed E-state index contributed by atoms with van der Waals surface area (Å²) >= 11 is 0. The Morgan fingerprint density at radius 1 is 1.00 bits per heavy atom. The van der Waals surface area contributed by atoms with E-state index in [1.165, 1.54) is 6.20 Å². The molecule has 3 nitrogen and oxygen atoms in total. The second-order valence-electron chi connectivity index (χ2n) is 3.56. The number of anilines is 1. The van der Waals surface area contributed by atoms with Gasteiger partial charge >= 0.3 is 0 Å². The van der Waals surface area contributed by atoms with E-state index in [0.717, 1.165) is 12.3 Å². The molecule has 0 saturated carbocycles. The van der Waals surface area contributed by atoms with E-state index in [0.29, 0.717) is 6.07 Å². The number of carbonyl (C=O) groups is 1. The summed E-state index contributed by atoms with van der Waals surface area (Å²) in [5.41, 5.74) is -0.973. The predicted molar refractivity (Wildman–Crippen MR) is 58.5 cm³/mol. The third kappa shape index (κ3) is 2.70. The normalized spacial score (nSPS) is 10.3. The third-order valence-electron chi connectivity index (χ3n) is 2.28. The number of aromatic nitrogens is 1. The van der Waals surface area contributed by atoms with E-state index < -0.39 is 34.9 Å². The number of rotatable bonds is 2. The lowest BCUT2D eigenvalue weighted by atomic mass is 10.2. The van der Waals surface area contributed by atoms with Crippen LogP contribution in [0.15, 0.2) is 30.6 Å². The average Bonchev–Trinajstić information content (AvgIpc) is 2.36. The average molecular weight is 270 g/mol. The lowest BCUT2D eigenvalue weighted by molar-refractivity contribution is 0.102. The van der Waals surface area contributed by atoms with Crippen molar-refractivity contribution in [1.82, 2.24) is 4.98 Å². The molecule has 98 valence electrons. The number of benzene rings is 1. The maximum Gasteiger partial charge on any atom is 0.258 e. The molecule has 0 radical (unpaired) electrons. The fraction of sp³-hybridized carbons (Fsp3) is 0. The summed E-state index contributed by atoms with van der Waals surface area (Å²) in [6, 6.07) is 1.83. The number of nitrogens with zero attached hydrogens (tertiary/aromatic N) is 1. The topological polar surface area (TPSA) is 42.0 Å². The van der Waals surface area contributed by atoms with Crippen LogP contribution in [-0.2, 0) is 0 Å². The van der Waals surface area contributed by atoms with Crippen LogP contribution in [-0.4, -0.2) is 10.9 Å². The molecular weight excluding hydrogens is 264 g/mol. The Hall–Kier alpha value is -2.44. The van der Waals surface area contributed by atoms with Crippen LogP contribution in [0.25, 0.3) is 0 Å². The van der Waals surface area contributed by atoms with E-state index in [1.54, 1.807) is 0 Å². The Morgan fingerprint density at radius 2 is 1.68 bits per heavy atom. The molecule has 0 unspecified atom stereocenters. The number of hydrogen-bond acceptors (Lipinski definition) is 2. The van der Waals surface area contributed by atoms with Crippen molar-refractivity contribution in [2.45, 2.75) is 0 Å². The molecule has 1 N–H and O–H groups in total. The molecule has 19 heavy (non-hydrogen) atoms. The molecule has 0 spiro atoms. The number of nitrogens with one attached hydrogen (secondary N) is 1. The van der Waals surface area contributed by atoms with Gasteiger partial charge in [-0.05, 0) is 6.07 Å².